The maximum absolute atomic E-state index is 14.5. The Labute approximate surface area is 277 Å². The number of esters is 1. The van der Waals surface area contributed by atoms with Crippen LogP contribution in [-0.4, -0.2) is 47.2 Å². The zero-order chi connectivity index (χ0) is 32.7. The van der Waals surface area contributed by atoms with E-state index in [-0.39, 0.29) is 37.8 Å². The fourth-order valence-electron chi connectivity index (χ4n) is 5.50. The third-order valence-electron chi connectivity index (χ3n) is 7.67. The predicted molar refractivity (Wildman–Crippen MR) is 182 cm³/mol. The summed E-state index contributed by atoms with van der Waals surface area (Å²) in [6.07, 6.45) is -0.300. The van der Waals surface area contributed by atoms with Crippen LogP contribution in [0.4, 0.5) is 0 Å². The topological polar surface area (TPSA) is 106 Å². The predicted octanol–water partition coefficient (Wildman–Crippen LogP) is 7.06. The molecule has 0 aliphatic carbocycles. The molecule has 0 saturated carbocycles. The molecule has 1 aliphatic heterocycles. The van der Waals surface area contributed by atoms with Crippen LogP contribution in [0.2, 0.25) is 0 Å². The largest absolute Gasteiger partial charge is 0.494 e. The average Bonchev–Trinajstić information content (AvgIpc) is 3.43. The van der Waals surface area contributed by atoms with Crippen LogP contribution in [0.5, 0.6) is 5.75 Å². The van der Waals surface area contributed by atoms with Crippen molar-refractivity contribution in [3.63, 3.8) is 0 Å². The van der Waals surface area contributed by atoms with E-state index >= 15 is 0 Å². The smallest absolute Gasteiger partial charge is 0.306 e. The summed E-state index contributed by atoms with van der Waals surface area (Å²) in [7, 11) is 0. The molecule has 1 aliphatic rings. The lowest BCUT2D eigenvalue weighted by molar-refractivity contribution is -0.155. The number of hydrogen-bond acceptors (Lipinski definition) is 7. The van der Waals surface area contributed by atoms with Crippen molar-refractivity contribution in [1.29, 1.82) is 0 Å². The molecule has 4 aromatic carbocycles. The van der Waals surface area contributed by atoms with Crippen LogP contribution in [0, 0.1) is 0 Å². The van der Waals surface area contributed by atoms with E-state index in [0.29, 0.717) is 24.3 Å². The Bertz CT molecular complexity index is 1710. The van der Waals surface area contributed by atoms with Gasteiger partial charge in [0, 0.05) is 41.6 Å². The van der Waals surface area contributed by atoms with Crippen LogP contribution in [0.3, 0.4) is 0 Å². The van der Waals surface area contributed by atoms with Crippen LogP contribution >= 0.6 is 15.9 Å². The first-order valence-electron chi connectivity index (χ1n) is 15.4. The van der Waals surface area contributed by atoms with Gasteiger partial charge in [0.25, 0.3) is 5.91 Å². The molecule has 4 aromatic rings. The molecule has 0 bridgehead atoms. The second kappa shape index (κ2) is 14.5. The van der Waals surface area contributed by atoms with E-state index < -0.39 is 23.2 Å². The van der Waals surface area contributed by atoms with Gasteiger partial charge in [-0.25, -0.2) is 4.99 Å². The summed E-state index contributed by atoms with van der Waals surface area (Å²) in [5.74, 6) is 0.144. The van der Waals surface area contributed by atoms with Gasteiger partial charge in [-0.1, -0.05) is 76.6 Å². The third kappa shape index (κ3) is 7.77. The van der Waals surface area contributed by atoms with Gasteiger partial charge in [0.1, 0.15) is 11.4 Å². The van der Waals surface area contributed by atoms with E-state index in [4.69, 9.17) is 24.3 Å². The number of ether oxygens (including phenoxy) is 3. The molecule has 0 saturated heterocycles. The number of rotatable bonds is 12. The standard InChI is InChI=1S/C37H39BrN2O6/c1-36(2,3)46-32(42)20-21-37(35(43)39-24-27-12-8-11-25-10-4-5-13-29(25)27)33(30-14-6-7-15-31(30)38)45-34(40-37)26-16-18-28(19-17-26)44-23-9-22-41/h4-8,10-19,33,41H,9,20-24H2,1-3H3,(H,39,43)/t33-,37-/m1/s1. The maximum atomic E-state index is 14.5. The summed E-state index contributed by atoms with van der Waals surface area (Å²) in [6.45, 7) is 6.14. The number of carbonyl (C=O) groups excluding carboxylic acids is 2. The number of nitrogens with one attached hydrogen (secondary N) is 1. The number of aliphatic imine (C=N–C) groups is 1. The molecule has 240 valence electrons. The zero-order valence-electron chi connectivity index (χ0n) is 26.3. The highest BCUT2D eigenvalue weighted by atomic mass is 79.9. The Morgan fingerprint density at radius 1 is 0.978 bits per heavy atom. The lowest BCUT2D eigenvalue weighted by Gasteiger charge is -2.31. The normalized spacial score (nSPS) is 17.7. The van der Waals surface area contributed by atoms with Crippen molar-refractivity contribution in [3.8, 4) is 5.75 Å². The van der Waals surface area contributed by atoms with Gasteiger partial charge in [0.05, 0.1) is 6.61 Å². The zero-order valence-corrected chi connectivity index (χ0v) is 27.9. The number of carbonyl (C=O) groups is 2. The fraction of sp³-hybridized carbons (Fsp3) is 0.324. The number of aliphatic hydroxyl groups excluding tert-OH is 1. The number of amides is 1. The van der Waals surface area contributed by atoms with Crippen molar-refractivity contribution in [2.45, 2.75) is 63.8 Å². The SMILES string of the molecule is CC(C)(C)OC(=O)CC[C@@]1(C(=O)NCc2cccc3ccccc23)N=C(c2ccc(OCCCO)cc2)O[C@@H]1c1ccccc1Br. The molecule has 5 rings (SSSR count). The first kappa shape index (κ1) is 33.2. The lowest BCUT2D eigenvalue weighted by Crippen LogP contribution is -2.48. The minimum Gasteiger partial charge on any atom is -0.494 e. The Morgan fingerprint density at radius 3 is 2.43 bits per heavy atom. The van der Waals surface area contributed by atoms with Crippen molar-refractivity contribution in [2.75, 3.05) is 13.2 Å². The van der Waals surface area contributed by atoms with E-state index in [1.54, 1.807) is 12.1 Å². The maximum Gasteiger partial charge on any atom is 0.306 e. The van der Waals surface area contributed by atoms with Gasteiger partial charge < -0.3 is 24.6 Å². The number of aliphatic hydroxyl groups is 1. The molecular formula is C37H39BrN2O6. The number of nitrogens with zero attached hydrogens (tertiary/aromatic N) is 1. The highest BCUT2D eigenvalue weighted by molar-refractivity contribution is 9.10. The first-order valence-corrected chi connectivity index (χ1v) is 16.2. The van der Waals surface area contributed by atoms with E-state index in [2.05, 4.69) is 21.2 Å². The van der Waals surface area contributed by atoms with Gasteiger partial charge in [-0.3, -0.25) is 9.59 Å². The lowest BCUT2D eigenvalue weighted by atomic mass is 9.83. The Balaban J connectivity index is 1.53. The van der Waals surface area contributed by atoms with Gasteiger partial charge in [0.15, 0.2) is 11.6 Å². The summed E-state index contributed by atoms with van der Waals surface area (Å²) >= 11 is 3.66. The van der Waals surface area contributed by atoms with Gasteiger partial charge in [-0.15, -0.1) is 0 Å². The quantitative estimate of drug-likeness (QED) is 0.122. The van der Waals surface area contributed by atoms with Crippen LogP contribution in [0.25, 0.3) is 10.8 Å². The number of benzene rings is 4. The van der Waals surface area contributed by atoms with Crippen LogP contribution in [0.1, 0.15) is 62.8 Å². The molecule has 1 heterocycles. The summed E-state index contributed by atoms with van der Waals surface area (Å²) in [5.41, 5.74) is 0.190. The molecule has 0 unspecified atom stereocenters. The third-order valence-corrected chi connectivity index (χ3v) is 8.39. The van der Waals surface area contributed by atoms with Crippen molar-refractivity contribution in [3.05, 3.63) is 112 Å². The minimum atomic E-state index is -1.49. The fourth-order valence-corrected chi connectivity index (χ4v) is 5.99. The molecule has 9 heteroatoms. The first-order chi connectivity index (χ1) is 22.1. The average molecular weight is 688 g/mol. The van der Waals surface area contributed by atoms with E-state index in [1.807, 2.05) is 99.6 Å². The Hall–Kier alpha value is -4.21. The summed E-state index contributed by atoms with van der Waals surface area (Å²) in [4.78, 5) is 32.6. The summed E-state index contributed by atoms with van der Waals surface area (Å²) < 4.78 is 18.7. The van der Waals surface area contributed by atoms with Crippen molar-refractivity contribution < 1.29 is 28.9 Å². The highest BCUT2D eigenvalue weighted by Crippen LogP contribution is 2.45. The summed E-state index contributed by atoms with van der Waals surface area (Å²) in [5, 5.41) is 14.3. The number of fused-ring (bicyclic) bond motifs is 1. The van der Waals surface area contributed by atoms with E-state index in [1.165, 1.54) is 0 Å². The minimum absolute atomic E-state index is 0.0440. The molecule has 46 heavy (non-hydrogen) atoms. The molecule has 2 N–H and O–H groups in total. The summed E-state index contributed by atoms with van der Waals surface area (Å²) in [6, 6.07) is 28.8. The molecular weight excluding hydrogens is 648 g/mol. The molecule has 0 spiro atoms. The number of hydrogen-bond donors (Lipinski definition) is 2. The van der Waals surface area contributed by atoms with E-state index in [0.717, 1.165) is 26.4 Å². The van der Waals surface area contributed by atoms with Crippen LogP contribution < -0.4 is 10.1 Å². The molecule has 8 nitrogen and oxygen atoms in total. The van der Waals surface area contributed by atoms with Gasteiger partial charge >= 0.3 is 5.97 Å². The van der Waals surface area contributed by atoms with Crippen molar-refractivity contribution in [1.82, 2.24) is 5.32 Å². The van der Waals surface area contributed by atoms with Gasteiger partial charge in [0.2, 0.25) is 5.90 Å². The van der Waals surface area contributed by atoms with Crippen LogP contribution in [0.15, 0.2) is 100 Å². The molecule has 0 aromatic heterocycles. The molecule has 1 amide bonds. The van der Waals surface area contributed by atoms with Crippen molar-refractivity contribution >= 4 is 44.5 Å². The van der Waals surface area contributed by atoms with Crippen molar-refractivity contribution in [2.24, 2.45) is 4.99 Å². The highest BCUT2D eigenvalue weighted by Gasteiger charge is 2.53. The second-order valence-electron chi connectivity index (χ2n) is 12.2. The van der Waals surface area contributed by atoms with Crippen LogP contribution in [-0.2, 0) is 25.6 Å². The number of halogens is 1. The second-order valence-corrected chi connectivity index (χ2v) is 13.1. The van der Waals surface area contributed by atoms with E-state index in [9.17, 15) is 9.59 Å². The molecule has 0 radical (unpaired) electrons. The Morgan fingerprint density at radius 2 is 1.70 bits per heavy atom. The van der Waals surface area contributed by atoms with Gasteiger partial charge in [-0.05, 0) is 73.9 Å². The molecule has 2 atom stereocenters. The van der Waals surface area contributed by atoms with Gasteiger partial charge in [-0.2, -0.15) is 0 Å². The molecule has 0 fully saturated rings. The monoisotopic (exact) mass is 686 g/mol. The Kier molecular flexibility index (Phi) is 10.4.